The number of ether oxygens (including phenoxy) is 1. The zero-order valence-electron chi connectivity index (χ0n) is 19.4. The summed E-state index contributed by atoms with van der Waals surface area (Å²) in [5.74, 6) is 1.26. The van der Waals surface area contributed by atoms with Crippen molar-refractivity contribution in [3.8, 4) is 5.75 Å². The number of benzene rings is 3. The third-order valence-corrected chi connectivity index (χ3v) is 6.91. The second-order valence-electron chi connectivity index (χ2n) is 9.06. The Labute approximate surface area is 200 Å². The van der Waals surface area contributed by atoms with Crippen LogP contribution in [0.25, 0.3) is 0 Å². The van der Waals surface area contributed by atoms with E-state index >= 15 is 0 Å². The summed E-state index contributed by atoms with van der Waals surface area (Å²) in [5.41, 5.74) is 4.44. The van der Waals surface area contributed by atoms with Crippen molar-refractivity contribution in [2.45, 2.75) is 25.7 Å². The minimum atomic E-state index is -0.104. The van der Waals surface area contributed by atoms with Crippen molar-refractivity contribution in [3.05, 3.63) is 95.1 Å². The molecule has 0 radical (unpaired) electrons. The van der Waals surface area contributed by atoms with Crippen molar-refractivity contribution < 1.29 is 18.9 Å². The predicted molar refractivity (Wildman–Crippen MR) is 132 cm³/mol. The number of carbonyl (C=O) groups is 2. The Balaban J connectivity index is 1.26. The normalized spacial score (nSPS) is 15.6. The van der Waals surface area contributed by atoms with Gasteiger partial charge in [0, 0.05) is 30.3 Å². The summed E-state index contributed by atoms with van der Waals surface area (Å²) in [6.07, 6.45) is 5.67. The van der Waals surface area contributed by atoms with E-state index in [1.807, 2.05) is 35.4 Å². The molecule has 0 aromatic heterocycles. The van der Waals surface area contributed by atoms with E-state index in [9.17, 15) is 9.59 Å². The molecule has 2 amide bonds. The minimum Gasteiger partial charge on any atom is -0.497 e. The minimum absolute atomic E-state index is 0.0460. The molecule has 0 saturated carbocycles. The molecular weight excluding hydrogens is 424 g/mol. The molecule has 2 aliphatic rings. The molecule has 1 fully saturated rings. The van der Waals surface area contributed by atoms with E-state index < -0.39 is 0 Å². The van der Waals surface area contributed by atoms with Crippen molar-refractivity contribution in [1.29, 1.82) is 0 Å². The summed E-state index contributed by atoms with van der Waals surface area (Å²) >= 11 is 0. The molecule has 5 nitrogen and oxygen atoms in total. The third kappa shape index (κ3) is 4.51. The number of nitrogens with zero attached hydrogens (tertiary/aromatic N) is 2. The van der Waals surface area contributed by atoms with E-state index in [-0.39, 0.29) is 11.8 Å². The highest BCUT2D eigenvalue weighted by Gasteiger charge is 2.32. The Morgan fingerprint density at radius 3 is 2.35 bits per heavy atom. The number of hydrogen-bond donors (Lipinski definition) is 0. The van der Waals surface area contributed by atoms with E-state index in [0.717, 1.165) is 43.6 Å². The zero-order valence-corrected chi connectivity index (χ0v) is 19.4. The highest BCUT2D eigenvalue weighted by molar-refractivity contribution is 5.97. The van der Waals surface area contributed by atoms with Crippen molar-refractivity contribution in [2.75, 3.05) is 20.2 Å². The van der Waals surface area contributed by atoms with Crippen LogP contribution in [0.2, 0.25) is 0 Å². The maximum Gasteiger partial charge on any atom is 0.424 e. The second kappa shape index (κ2) is 9.64. The van der Waals surface area contributed by atoms with Crippen LogP contribution < -0.4 is 4.74 Å². The quantitative estimate of drug-likeness (QED) is 0.516. The van der Waals surface area contributed by atoms with Gasteiger partial charge >= 0.3 is 5.91 Å². The summed E-state index contributed by atoms with van der Waals surface area (Å²) in [7, 11) is 1.60. The molecule has 3 aromatic carbocycles. The zero-order chi connectivity index (χ0) is 23.5. The molecule has 5 rings (SSSR count). The first kappa shape index (κ1) is 22.1. The van der Waals surface area contributed by atoms with Crippen LogP contribution in [0, 0.1) is 5.92 Å². The summed E-state index contributed by atoms with van der Waals surface area (Å²) in [4.78, 5) is 28.4. The molecule has 0 atom stereocenters. The number of carbonyl (C=O) groups excluding carboxylic acids is 2. The molecule has 2 aliphatic heterocycles. The average Bonchev–Trinajstić information content (AvgIpc) is 3.32. The number of fused-ring (bicyclic) bond motifs is 1. The monoisotopic (exact) mass is 453 g/mol. The third-order valence-electron chi connectivity index (χ3n) is 6.91. The fourth-order valence-electron chi connectivity index (χ4n) is 4.92. The van der Waals surface area contributed by atoms with Gasteiger partial charge in [0.1, 0.15) is 5.75 Å². The highest BCUT2D eigenvalue weighted by Crippen LogP contribution is 2.29. The molecule has 0 N–H and O–H groups in total. The summed E-state index contributed by atoms with van der Waals surface area (Å²) in [6, 6.07) is 23.4. The lowest BCUT2D eigenvalue weighted by atomic mass is 9.90. The molecule has 2 heterocycles. The van der Waals surface area contributed by atoms with Gasteiger partial charge < -0.3 is 9.64 Å². The SMILES string of the molecule is COc1ccc(C(=O)[N+]2=CCc3ccc(C(=O)N4CCC(Cc5ccccc5)CC4)cc32)cc1. The molecule has 0 aliphatic carbocycles. The second-order valence-corrected chi connectivity index (χ2v) is 9.06. The van der Waals surface area contributed by atoms with Crippen molar-refractivity contribution in [2.24, 2.45) is 5.92 Å². The van der Waals surface area contributed by atoms with Crippen LogP contribution in [0.15, 0.2) is 72.8 Å². The van der Waals surface area contributed by atoms with Gasteiger partial charge in [0.05, 0.1) is 19.1 Å². The summed E-state index contributed by atoms with van der Waals surface area (Å²) in [5, 5.41) is 0. The van der Waals surface area contributed by atoms with Crippen LogP contribution in [0.5, 0.6) is 5.75 Å². The van der Waals surface area contributed by atoms with Gasteiger partial charge in [-0.3, -0.25) is 4.79 Å². The van der Waals surface area contributed by atoms with E-state index in [1.54, 1.807) is 36.0 Å². The molecule has 0 bridgehead atoms. The number of rotatable bonds is 5. The van der Waals surface area contributed by atoms with Crippen LogP contribution in [0.4, 0.5) is 5.69 Å². The number of amides is 2. The molecule has 34 heavy (non-hydrogen) atoms. The predicted octanol–water partition coefficient (Wildman–Crippen LogP) is 4.90. The topological polar surface area (TPSA) is 49.6 Å². The van der Waals surface area contributed by atoms with Crippen molar-refractivity contribution in [3.63, 3.8) is 0 Å². The molecule has 172 valence electrons. The van der Waals surface area contributed by atoms with Crippen molar-refractivity contribution in [1.82, 2.24) is 4.90 Å². The van der Waals surface area contributed by atoms with Crippen LogP contribution >= 0.6 is 0 Å². The first-order chi connectivity index (χ1) is 16.6. The lowest BCUT2D eigenvalue weighted by molar-refractivity contribution is -0.326. The first-order valence-corrected chi connectivity index (χ1v) is 11.9. The number of likely N-dealkylation sites (tertiary alicyclic amines) is 1. The smallest absolute Gasteiger partial charge is 0.424 e. The lowest BCUT2D eigenvalue weighted by Gasteiger charge is -2.32. The number of methoxy groups -OCH3 is 1. The van der Waals surface area contributed by atoms with E-state index in [1.165, 1.54) is 5.56 Å². The summed E-state index contributed by atoms with van der Waals surface area (Å²) in [6.45, 7) is 1.54. The Morgan fingerprint density at radius 1 is 0.941 bits per heavy atom. The van der Waals surface area contributed by atoms with Gasteiger partial charge in [-0.15, -0.1) is 4.58 Å². The lowest BCUT2D eigenvalue weighted by Crippen LogP contribution is -2.39. The Hall–Kier alpha value is -3.73. The molecular formula is C29H29N2O3+. The van der Waals surface area contributed by atoms with Gasteiger partial charge in [-0.1, -0.05) is 36.4 Å². The van der Waals surface area contributed by atoms with Gasteiger partial charge in [0.25, 0.3) is 5.91 Å². The first-order valence-electron chi connectivity index (χ1n) is 11.9. The molecule has 0 unspecified atom stereocenters. The van der Waals surface area contributed by atoms with E-state index in [4.69, 9.17) is 4.74 Å². The fourth-order valence-corrected chi connectivity index (χ4v) is 4.92. The average molecular weight is 454 g/mol. The van der Waals surface area contributed by atoms with Crippen LogP contribution in [-0.2, 0) is 12.8 Å². The van der Waals surface area contributed by atoms with E-state index in [2.05, 4.69) is 24.3 Å². The number of piperidine rings is 1. The Kier molecular flexibility index (Phi) is 6.26. The van der Waals surface area contributed by atoms with Gasteiger partial charge in [-0.2, -0.15) is 0 Å². The summed E-state index contributed by atoms with van der Waals surface area (Å²) < 4.78 is 6.86. The van der Waals surface area contributed by atoms with E-state index in [0.29, 0.717) is 29.2 Å². The fraction of sp³-hybridized carbons (Fsp3) is 0.276. The molecule has 0 spiro atoms. The molecule has 3 aromatic rings. The van der Waals surface area contributed by atoms with Gasteiger partial charge in [0.15, 0.2) is 6.21 Å². The maximum atomic E-state index is 13.3. The molecule has 1 saturated heterocycles. The maximum absolute atomic E-state index is 13.3. The van der Waals surface area contributed by atoms with Gasteiger partial charge in [0.2, 0.25) is 5.69 Å². The molecule has 5 heteroatoms. The highest BCUT2D eigenvalue weighted by atomic mass is 16.5. The Bertz CT molecular complexity index is 1220. The van der Waals surface area contributed by atoms with Crippen molar-refractivity contribution >= 4 is 23.7 Å². The van der Waals surface area contributed by atoms with Gasteiger partial charge in [-0.05, 0) is 61.1 Å². The van der Waals surface area contributed by atoms with Gasteiger partial charge in [-0.25, -0.2) is 4.79 Å². The van der Waals surface area contributed by atoms with Crippen LogP contribution in [-0.4, -0.2) is 47.7 Å². The van der Waals surface area contributed by atoms with Crippen LogP contribution in [0.1, 0.15) is 44.7 Å². The Morgan fingerprint density at radius 2 is 1.65 bits per heavy atom. The van der Waals surface area contributed by atoms with Crippen LogP contribution in [0.3, 0.4) is 0 Å². The largest absolute Gasteiger partial charge is 0.497 e. The standard InChI is InChI=1S/C29H29N2O3/c1-34-26-11-9-24(10-12-26)29(33)31-18-15-23-7-8-25(20-27(23)31)28(32)30-16-13-22(14-17-30)19-21-5-3-2-4-6-21/h2-12,18,20,22H,13-17,19H2,1H3/q+1. The number of hydrogen-bond acceptors (Lipinski definition) is 3.